The van der Waals surface area contributed by atoms with Crippen LogP contribution in [-0.2, 0) is 33.9 Å². The molecule has 42 heavy (non-hydrogen) atoms. The molecule has 228 valence electrons. The monoisotopic (exact) mass is 649 g/mol. The minimum atomic E-state index is -4.90. The van der Waals surface area contributed by atoms with Crippen molar-refractivity contribution in [3.8, 4) is 0 Å². The molecule has 2 heterocycles. The van der Waals surface area contributed by atoms with Crippen molar-refractivity contribution in [1.29, 1.82) is 0 Å². The number of benzene rings is 2. The van der Waals surface area contributed by atoms with E-state index < -0.39 is 49.8 Å². The van der Waals surface area contributed by atoms with E-state index >= 15 is 0 Å². The molecule has 1 saturated heterocycles. The number of halogens is 5. The number of hydrogen-bond donors (Lipinski definition) is 2. The second kappa shape index (κ2) is 12.0. The highest BCUT2D eigenvalue weighted by atomic mass is 35.5. The maximum atomic E-state index is 14.3. The Bertz CT molecular complexity index is 1780. The minimum Gasteiger partial charge on any atom is -0.340 e. The summed E-state index contributed by atoms with van der Waals surface area (Å²) in [7, 11) is -2.21. The fourth-order valence-electron chi connectivity index (χ4n) is 5.09. The van der Waals surface area contributed by atoms with Crippen LogP contribution in [0.4, 0.5) is 13.2 Å². The molecule has 10 nitrogen and oxygen atoms in total. The van der Waals surface area contributed by atoms with Crippen LogP contribution in [-0.4, -0.2) is 72.2 Å². The lowest BCUT2D eigenvalue weighted by Gasteiger charge is -2.25. The number of nitrogens with one attached hydrogen (secondary N) is 1. The van der Waals surface area contributed by atoms with Gasteiger partial charge in [-0.25, -0.2) is 13.2 Å². The molecule has 1 aliphatic rings. The van der Waals surface area contributed by atoms with E-state index in [1.165, 1.54) is 30.0 Å². The first-order chi connectivity index (χ1) is 19.6. The molecule has 1 aromatic heterocycles. The predicted octanol–water partition coefficient (Wildman–Crippen LogP) is 2.85. The number of nitrogens with zero attached hydrogens (tertiary/aromatic N) is 3. The zero-order chi connectivity index (χ0) is 31.1. The number of rotatable bonds is 8. The van der Waals surface area contributed by atoms with Crippen LogP contribution in [0.5, 0.6) is 0 Å². The van der Waals surface area contributed by atoms with Crippen molar-refractivity contribution in [3.63, 3.8) is 0 Å². The summed E-state index contributed by atoms with van der Waals surface area (Å²) in [4.78, 5) is 43.9. The second-order valence-corrected chi connectivity index (χ2v) is 13.1. The molecular weight excluding hydrogens is 622 g/mol. The van der Waals surface area contributed by atoms with Gasteiger partial charge in [-0.05, 0) is 41.8 Å². The van der Waals surface area contributed by atoms with E-state index in [1.807, 2.05) is 0 Å². The van der Waals surface area contributed by atoms with Crippen molar-refractivity contribution in [2.24, 2.45) is 5.73 Å². The summed E-state index contributed by atoms with van der Waals surface area (Å²) in [5.41, 5.74) is 1.61. The zero-order valence-corrected chi connectivity index (χ0v) is 24.9. The summed E-state index contributed by atoms with van der Waals surface area (Å²) >= 11 is 12.5. The van der Waals surface area contributed by atoms with E-state index in [9.17, 15) is 36.0 Å². The first-order valence-electron chi connectivity index (χ1n) is 12.8. The molecule has 16 heteroatoms. The van der Waals surface area contributed by atoms with Gasteiger partial charge in [-0.1, -0.05) is 30.1 Å². The zero-order valence-electron chi connectivity index (χ0n) is 22.6. The van der Waals surface area contributed by atoms with Gasteiger partial charge in [0.15, 0.2) is 9.84 Å². The third-order valence-corrected chi connectivity index (χ3v) is 9.92. The average Bonchev–Trinajstić information content (AvgIpc) is 3.39. The number of amides is 1. The van der Waals surface area contributed by atoms with Crippen molar-refractivity contribution in [2.45, 2.75) is 43.5 Å². The Morgan fingerprint density at radius 3 is 2.50 bits per heavy atom. The summed E-state index contributed by atoms with van der Waals surface area (Å²) in [6.45, 7) is 1.05. The molecule has 3 aromatic rings. The van der Waals surface area contributed by atoms with Crippen LogP contribution < -0.4 is 17.0 Å². The van der Waals surface area contributed by atoms with E-state index in [2.05, 4.69) is 4.98 Å². The third kappa shape index (κ3) is 6.23. The van der Waals surface area contributed by atoms with Crippen LogP contribution in [0.15, 0.2) is 38.8 Å². The SMILES string of the molecule is CCS(=O)(=O)c1ccc(Cl)cc1Cn1c(=O)[nH]c2c(Cl)c(CN3CCC(N(C)C(=O)CN)C3)c(C(F)(F)F)cc2c1=O. The van der Waals surface area contributed by atoms with E-state index in [0.717, 1.165) is 0 Å². The summed E-state index contributed by atoms with van der Waals surface area (Å²) < 4.78 is 68.7. The van der Waals surface area contributed by atoms with Gasteiger partial charge in [0, 0.05) is 37.7 Å². The number of carbonyl (C=O) groups excluding carboxylic acids is 1. The average molecular weight is 651 g/mol. The number of aromatic amines is 1. The summed E-state index contributed by atoms with van der Waals surface area (Å²) in [5, 5.41) is -0.793. The van der Waals surface area contributed by atoms with Crippen molar-refractivity contribution >= 4 is 49.8 Å². The van der Waals surface area contributed by atoms with Crippen LogP contribution in [0.25, 0.3) is 10.9 Å². The number of aromatic nitrogens is 2. The first-order valence-corrected chi connectivity index (χ1v) is 15.2. The van der Waals surface area contributed by atoms with Crippen LogP contribution in [0.3, 0.4) is 0 Å². The molecule has 1 fully saturated rings. The highest BCUT2D eigenvalue weighted by Gasteiger charge is 2.37. The van der Waals surface area contributed by atoms with Crippen LogP contribution >= 0.6 is 23.2 Å². The number of carbonyl (C=O) groups is 1. The summed E-state index contributed by atoms with van der Waals surface area (Å²) in [5.74, 6) is -0.567. The molecule has 1 aliphatic heterocycles. The van der Waals surface area contributed by atoms with Crippen molar-refractivity contribution in [2.75, 3.05) is 32.4 Å². The number of fused-ring (bicyclic) bond motifs is 1. The number of alkyl halides is 3. The molecule has 0 saturated carbocycles. The van der Waals surface area contributed by atoms with E-state index in [-0.39, 0.29) is 63.9 Å². The van der Waals surface area contributed by atoms with Gasteiger partial charge >= 0.3 is 11.9 Å². The molecule has 4 rings (SSSR count). The maximum Gasteiger partial charge on any atom is 0.416 e. The molecule has 1 amide bonds. The maximum absolute atomic E-state index is 14.3. The topological polar surface area (TPSA) is 139 Å². The van der Waals surface area contributed by atoms with Gasteiger partial charge in [0.1, 0.15) is 0 Å². The summed E-state index contributed by atoms with van der Waals surface area (Å²) in [6.07, 6.45) is -4.39. The van der Waals surface area contributed by atoms with Gasteiger partial charge in [0.2, 0.25) is 5.91 Å². The van der Waals surface area contributed by atoms with Gasteiger partial charge in [-0.3, -0.25) is 19.1 Å². The Morgan fingerprint density at radius 1 is 1.19 bits per heavy atom. The molecule has 1 unspecified atom stereocenters. The highest BCUT2D eigenvalue weighted by molar-refractivity contribution is 7.91. The van der Waals surface area contributed by atoms with Crippen molar-refractivity contribution < 1.29 is 26.4 Å². The fraction of sp³-hybridized carbons (Fsp3) is 0.423. The minimum absolute atomic E-state index is 0.0248. The molecule has 2 aromatic carbocycles. The Labute approximate surface area is 248 Å². The van der Waals surface area contributed by atoms with Gasteiger partial charge in [-0.15, -0.1) is 0 Å². The lowest BCUT2D eigenvalue weighted by molar-refractivity contribution is -0.138. The lowest BCUT2D eigenvalue weighted by atomic mass is 10.0. The van der Waals surface area contributed by atoms with Crippen molar-refractivity contribution in [1.82, 2.24) is 19.4 Å². The Balaban J connectivity index is 1.81. The molecule has 1 atom stereocenters. The standard InChI is InChI=1S/C26H28Cl2F3N5O5S/c1-3-42(40,41)20-5-4-15(27)8-14(20)11-36-24(38)17-9-19(26(29,30)31)18(22(28)23(17)33-25(36)39)13-35-7-6-16(12-35)34(2)21(37)10-32/h4-5,8-9,16H,3,6-7,10-13,32H2,1-2H3,(H,33,39). The second-order valence-electron chi connectivity index (χ2n) is 10.0. The molecule has 3 N–H and O–H groups in total. The van der Waals surface area contributed by atoms with Crippen LogP contribution in [0, 0.1) is 0 Å². The molecule has 0 bridgehead atoms. The molecule has 0 spiro atoms. The van der Waals surface area contributed by atoms with E-state index in [4.69, 9.17) is 28.9 Å². The number of nitrogens with two attached hydrogens (primary N) is 1. The van der Waals surface area contributed by atoms with Gasteiger partial charge < -0.3 is 15.6 Å². The van der Waals surface area contributed by atoms with Crippen LogP contribution in [0.2, 0.25) is 10.0 Å². The Morgan fingerprint density at radius 2 is 1.88 bits per heavy atom. The first kappa shape index (κ1) is 32.0. The number of hydrogen-bond acceptors (Lipinski definition) is 7. The highest BCUT2D eigenvalue weighted by Crippen LogP contribution is 2.39. The van der Waals surface area contributed by atoms with Gasteiger partial charge in [-0.2, -0.15) is 13.2 Å². The molecule has 0 radical (unpaired) electrons. The van der Waals surface area contributed by atoms with Gasteiger partial charge in [0.25, 0.3) is 5.56 Å². The largest absolute Gasteiger partial charge is 0.416 e. The molecule has 0 aliphatic carbocycles. The van der Waals surface area contributed by atoms with Crippen LogP contribution in [0.1, 0.15) is 30.0 Å². The molecular formula is C26H28Cl2F3N5O5S. The Kier molecular flexibility index (Phi) is 9.14. The Hall–Kier alpha value is -2.91. The third-order valence-electron chi connectivity index (χ3n) is 7.44. The number of likely N-dealkylation sites (N-methyl/N-ethyl adjacent to an activating group) is 1. The smallest absolute Gasteiger partial charge is 0.340 e. The number of sulfone groups is 1. The van der Waals surface area contributed by atoms with E-state index in [0.29, 0.717) is 23.6 Å². The number of H-pyrrole nitrogens is 1. The summed E-state index contributed by atoms with van der Waals surface area (Å²) in [6, 6.07) is 4.25. The number of likely N-dealkylation sites (tertiary alicyclic amines) is 1. The quantitative estimate of drug-likeness (QED) is 0.383. The van der Waals surface area contributed by atoms with E-state index in [1.54, 1.807) is 11.9 Å². The predicted molar refractivity (Wildman–Crippen MR) is 153 cm³/mol. The van der Waals surface area contributed by atoms with Crippen molar-refractivity contribution in [3.05, 3.63) is 71.8 Å². The lowest BCUT2D eigenvalue weighted by Crippen LogP contribution is -2.42. The fourth-order valence-corrected chi connectivity index (χ4v) is 6.70. The van der Waals surface area contributed by atoms with Gasteiger partial charge in [0.05, 0.1) is 45.2 Å². The normalized spacial score (nSPS) is 16.3.